The van der Waals surface area contributed by atoms with Gasteiger partial charge in [-0.3, -0.25) is 0 Å². The Labute approximate surface area is 197 Å². The molecule has 0 atom stereocenters. The van der Waals surface area contributed by atoms with Crippen molar-refractivity contribution in [2.24, 2.45) is 5.92 Å². The summed E-state index contributed by atoms with van der Waals surface area (Å²) in [6.45, 7) is 4.55. The van der Waals surface area contributed by atoms with Crippen molar-refractivity contribution < 1.29 is 0 Å². The van der Waals surface area contributed by atoms with Gasteiger partial charge in [-0.05, 0) is 85.6 Å². The summed E-state index contributed by atoms with van der Waals surface area (Å²) in [6.07, 6.45) is 20.9. The molecule has 0 saturated heterocycles. The van der Waals surface area contributed by atoms with Gasteiger partial charge in [0.15, 0.2) is 0 Å². The molecule has 0 radical (unpaired) electrons. The summed E-state index contributed by atoms with van der Waals surface area (Å²) in [5, 5.41) is 0. The van der Waals surface area contributed by atoms with E-state index in [1.165, 1.54) is 94.6 Å². The Morgan fingerprint density at radius 1 is 0.750 bits per heavy atom. The third-order valence-corrected chi connectivity index (χ3v) is 7.17. The van der Waals surface area contributed by atoms with E-state index in [4.69, 9.17) is 0 Å². The zero-order chi connectivity index (χ0) is 22.4. The molecule has 1 nitrogen and oxygen atoms in total. The zero-order valence-corrected chi connectivity index (χ0v) is 20.5. The maximum atomic E-state index is 4.55. The first-order chi connectivity index (χ1) is 15.8. The molecule has 2 aromatic rings. The van der Waals surface area contributed by atoms with Gasteiger partial charge in [-0.15, -0.1) is 0 Å². The van der Waals surface area contributed by atoms with Gasteiger partial charge in [-0.2, -0.15) is 0 Å². The van der Waals surface area contributed by atoms with Crippen LogP contribution in [-0.2, 0) is 6.42 Å². The topological polar surface area (TPSA) is 12.9 Å². The molecule has 3 rings (SSSR count). The lowest BCUT2D eigenvalue weighted by Crippen LogP contribution is -2.13. The summed E-state index contributed by atoms with van der Waals surface area (Å²) >= 11 is 0. The van der Waals surface area contributed by atoms with Crippen molar-refractivity contribution in [3.63, 3.8) is 0 Å². The second-order valence-electron chi connectivity index (χ2n) is 9.80. The third kappa shape index (κ3) is 8.46. The highest BCUT2D eigenvalue weighted by Crippen LogP contribution is 2.37. The van der Waals surface area contributed by atoms with Crippen molar-refractivity contribution in [2.45, 2.75) is 110 Å². The fourth-order valence-corrected chi connectivity index (χ4v) is 5.02. The highest BCUT2D eigenvalue weighted by Gasteiger charge is 2.21. The molecule has 172 valence electrons. The van der Waals surface area contributed by atoms with Crippen molar-refractivity contribution in [2.75, 3.05) is 0 Å². The summed E-state index contributed by atoms with van der Waals surface area (Å²) in [4.78, 5) is 4.55. The molecule has 1 fully saturated rings. The van der Waals surface area contributed by atoms with Gasteiger partial charge >= 0.3 is 0 Å². The SMILES string of the molecule is CCCCCCc1ccc(C#Cc2ccc([C@H]3CC[C@H](CCCCCC)CC3)cc2)nc1. The summed E-state index contributed by atoms with van der Waals surface area (Å²) in [5.74, 6) is 8.26. The Hall–Kier alpha value is -2.07. The molecule has 0 aliphatic heterocycles. The second kappa shape index (κ2) is 14.2. The Morgan fingerprint density at radius 3 is 2.12 bits per heavy atom. The standard InChI is InChI=1S/C31H43N/c1-3-5-7-9-11-26-13-19-29(20-14-26)30-21-15-27(16-22-30)17-23-31-24-18-28(25-32-31)12-10-8-6-4-2/h15-16,18,21-22,24-26,29H,3-14,19-20H2,1-2H3/t26-,29-. The Morgan fingerprint density at radius 2 is 1.47 bits per heavy atom. The summed E-state index contributed by atoms with van der Waals surface area (Å²) in [5.41, 5.74) is 4.78. The van der Waals surface area contributed by atoms with Gasteiger partial charge in [-0.25, -0.2) is 4.98 Å². The number of aromatic nitrogens is 1. The fraction of sp³-hybridized carbons (Fsp3) is 0.581. The van der Waals surface area contributed by atoms with Crippen molar-refractivity contribution >= 4 is 0 Å². The average Bonchev–Trinajstić information content (AvgIpc) is 2.85. The van der Waals surface area contributed by atoms with E-state index in [0.29, 0.717) is 0 Å². The van der Waals surface area contributed by atoms with Crippen LogP contribution < -0.4 is 0 Å². The Balaban J connectivity index is 1.44. The molecule has 0 N–H and O–H groups in total. The van der Waals surface area contributed by atoms with Crippen LogP contribution in [0.25, 0.3) is 0 Å². The van der Waals surface area contributed by atoms with Crippen LogP contribution in [0.2, 0.25) is 0 Å². The largest absolute Gasteiger partial charge is 0.248 e. The van der Waals surface area contributed by atoms with Crippen LogP contribution in [0, 0.1) is 17.8 Å². The van der Waals surface area contributed by atoms with Gasteiger partial charge in [0.25, 0.3) is 0 Å². The second-order valence-corrected chi connectivity index (χ2v) is 9.80. The summed E-state index contributed by atoms with van der Waals surface area (Å²) in [7, 11) is 0. The molecule has 0 unspecified atom stereocenters. The number of hydrogen-bond donors (Lipinski definition) is 0. The van der Waals surface area contributed by atoms with Gasteiger partial charge in [0.2, 0.25) is 0 Å². The molecule has 0 spiro atoms. The normalized spacial score (nSPS) is 18.2. The van der Waals surface area contributed by atoms with Gasteiger partial charge in [0.05, 0.1) is 0 Å². The van der Waals surface area contributed by atoms with E-state index < -0.39 is 0 Å². The predicted octanol–water partition coefficient (Wildman–Crippen LogP) is 8.85. The minimum absolute atomic E-state index is 0.746. The van der Waals surface area contributed by atoms with Gasteiger partial charge < -0.3 is 0 Å². The first-order valence-electron chi connectivity index (χ1n) is 13.4. The van der Waals surface area contributed by atoms with Crippen LogP contribution in [0.15, 0.2) is 42.6 Å². The fourth-order valence-electron chi connectivity index (χ4n) is 5.02. The first kappa shape index (κ1) is 24.6. The molecular weight excluding hydrogens is 386 g/mol. The Bertz CT molecular complexity index is 814. The van der Waals surface area contributed by atoms with Crippen molar-refractivity contribution in [1.82, 2.24) is 4.98 Å². The van der Waals surface area contributed by atoms with Gasteiger partial charge in [0.1, 0.15) is 5.69 Å². The zero-order valence-electron chi connectivity index (χ0n) is 20.5. The number of aryl methyl sites for hydroxylation is 1. The van der Waals surface area contributed by atoms with E-state index in [-0.39, 0.29) is 0 Å². The van der Waals surface area contributed by atoms with Crippen LogP contribution in [0.3, 0.4) is 0 Å². The number of hydrogen-bond acceptors (Lipinski definition) is 1. The van der Waals surface area contributed by atoms with Gasteiger partial charge in [-0.1, -0.05) is 89.3 Å². The lowest BCUT2D eigenvalue weighted by Gasteiger charge is -2.29. The van der Waals surface area contributed by atoms with E-state index in [1.54, 1.807) is 0 Å². The molecule has 0 bridgehead atoms. The smallest absolute Gasteiger partial charge is 0.113 e. The molecule has 1 heteroatoms. The van der Waals surface area contributed by atoms with E-state index in [0.717, 1.165) is 29.5 Å². The van der Waals surface area contributed by atoms with Crippen LogP contribution in [0.5, 0.6) is 0 Å². The number of unbranched alkanes of at least 4 members (excludes halogenated alkanes) is 6. The minimum atomic E-state index is 0.746. The summed E-state index contributed by atoms with van der Waals surface area (Å²) < 4.78 is 0. The molecule has 0 amide bonds. The first-order valence-corrected chi connectivity index (χ1v) is 13.4. The quantitative estimate of drug-likeness (QED) is 0.257. The molecule has 1 saturated carbocycles. The van der Waals surface area contributed by atoms with Crippen LogP contribution >= 0.6 is 0 Å². The number of rotatable bonds is 11. The molecule has 32 heavy (non-hydrogen) atoms. The van der Waals surface area contributed by atoms with Crippen molar-refractivity contribution in [1.29, 1.82) is 0 Å². The van der Waals surface area contributed by atoms with Crippen LogP contribution in [0.1, 0.15) is 126 Å². The van der Waals surface area contributed by atoms with E-state index in [9.17, 15) is 0 Å². The number of pyridine rings is 1. The monoisotopic (exact) mass is 429 g/mol. The highest BCUT2D eigenvalue weighted by atomic mass is 14.7. The maximum absolute atomic E-state index is 4.55. The lowest BCUT2D eigenvalue weighted by molar-refractivity contribution is 0.302. The Kier molecular flexibility index (Phi) is 10.9. The molecule has 1 aromatic carbocycles. The predicted molar refractivity (Wildman–Crippen MR) is 138 cm³/mol. The third-order valence-electron chi connectivity index (χ3n) is 7.17. The van der Waals surface area contributed by atoms with E-state index in [1.807, 2.05) is 6.20 Å². The number of nitrogens with zero attached hydrogens (tertiary/aromatic N) is 1. The molecule has 1 aliphatic rings. The molecule has 1 heterocycles. The maximum Gasteiger partial charge on any atom is 0.113 e. The molecule has 1 aliphatic carbocycles. The lowest BCUT2D eigenvalue weighted by atomic mass is 9.77. The minimum Gasteiger partial charge on any atom is -0.248 e. The van der Waals surface area contributed by atoms with Crippen LogP contribution in [-0.4, -0.2) is 4.98 Å². The molecular formula is C31H43N. The van der Waals surface area contributed by atoms with E-state index >= 15 is 0 Å². The number of benzene rings is 1. The summed E-state index contributed by atoms with van der Waals surface area (Å²) in [6, 6.07) is 13.3. The average molecular weight is 430 g/mol. The van der Waals surface area contributed by atoms with Crippen LogP contribution in [0.4, 0.5) is 0 Å². The van der Waals surface area contributed by atoms with Crippen molar-refractivity contribution in [3.05, 3.63) is 65.0 Å². The van der Waals surface area contributed by atoms with Gasteiger partial charge in [0, 0.05) is 11.8 Å². The van der Waals surface area contributed by atoms with E-state index in [2.05, 4.69) is 67.1 Å². The molecule has 1 aromatic heterocycles. The highest BCUT2D eigenvalue weighted by molar-refractivity contribution is 5.41. The van der Waals surface area contributed by atoms with Crippen molar-refractivity contribution in [3.8, 4) is 11.8 Å².